The first-order valence-corrected chi connectivity index (χ1v) is 7.05. The lowest BCUT2D eigenvalue weighted by atomic mass is 10.0. The Morgan fingerprint density at radius 1 is 1.21 bits per heavy atom. The highest BCUT2D eigenvalue weighted by molar-refractivity contribution is 5.87. The summed E-state index contributed by atoms with van der Waals surface area (Å²) in [7, 11) is 1.75. The van der Waals surface area contributed by atoms with E-state index in [1.54, 1.807) is 7.11 Å². The van der Waals surface area contributed by atoms with Crippen molar-refractivity contribution in [1.82, 2.24) is 5.32 Å². The van der Waals surface area contributed by atoms with E-state index >= 15 is 0 Å². The van der Waals surface area contributed by atoms with Crippen LogP contribution in [0.2, 0.25) is 0 Å². The van der Waals surface area contributed by atoms with Crippen LogP contribution in [0, 0.1) is 11.8 Å². The minimum absolute atomic E-state index is 0.876. The minimum atomic E-state index is 0.876. The predicted octanol–water partition coefficient (Wildman–Crippen LogP) is 3.59. The molecule has 100 valence electrons. The molecule has 0 saturated heterocycles. The Bertz CT molecular complexity index is 578. The Morgan fingerprint density at radius 2 is 2.00 bits per heavy atom. The third-order valence-corrected chi connectivity index (χ3v) is 4.20. The lowest BCUT2D eigenvalue weighted by molar-refractivity contribution is 0.408. The van der Waals surface area contributed by atoms with Crippen molar-refractivity contribution < 1.29 is 4.74 Å². The topological polar surface area (TPSA) is 21.3 Å². The molecule has 0 spiro atoms. The van der Waals surface area contributed by atoms with Crippen LogP contribution in [0.25, 0.3) is 10.8 Å². The van der Waals surface area contributed by atoms with Gasteiger partial charge in [-0.05, 0) is 41.6 Å². The van der Waals surface area contributed by atoms with E-state index in [1.807, 2.05) is 0 Å². The summed E-state index contributed by atoms with van der Waals surface area (Å²) in [4.78, 5) is 0. The van der Waals surface area contributed by atoms with Gasteiger partial charge in [0.1, 0.15) is 5.75 Å². The van der Waals surface area contributed by atoms with Crippen molar-refractivity contribution in [2.45, 2.75) is 19.9 Å². The van der Waals surface area contributed by atoms with Crippen molar-refractivity contribution in [2.75, 3.05) is 13.7 Å². The number of methoxy groups -OCH3 is 1. The van der Waals surface area contributed by atoms with Gasteiger partial charge in [-0.25, -0.2) is 0 Å². The van der Waals surface area contributed by atoms with Gasteiger partial charge in [0.25, 0.3) is 0 Å². The Morgan fingerprint density at radius 3 is 2.74 bits per heavy atom. The second-order valence-corrected chi connectivity index (χ2v) is 5.57. The first-order valence-electron chi connectivity index (χ1n) is 7.05. The van der Waals surface area contributed by atoms with Gasteiger partial charge in [0, 0.05) is 12.1 Å². The molecule has 0 bridgehead atoms. The number of fused-ring (bicyclic) bond motifs is 1. The molecule has 1 aliphatic carbocycles. The summed E-state index contributed by atoms with van der Waals surface area (Å²) in [6, 6.07) is 12.7. The summed E-state index contributed by atoms with van der Waals surface area (Å²) < 4.78 is 5.51. The van der Waals surface area contributed by atoms with E-state index in [0.717, 1.165) is 30.7 Å². The summed E-state index contributed by atoms with van der Waals surface area (Å²) in [5.74, 6) is 2.76. The van der Waals surface area contributed by atoms with E-state index in [1.165, 1.54) is 22.8 Å². The molecular weight excluding hydrogens is 234 g/mol. The summed E-state index contributed by atoms with van der Waals surface area (Å²) >= 11 is 0. The Labute approximate surface area is 114 Å². The molecule has 2 unspecified atom stereocenters. The van der Waals surface area contributed by atoms with Crippen LogP contribution >= 0.6 is 0 Å². The quantitative estimate of drug-likeness (QED) is 0.881. The summed E-state index contributed by atoms with van der Waals surface area (Å²) in [5, 5.41) is 6.15. The first kappa shape index (κ1) is 12.5. The average molecular weight is 255 g/mol. The van der Waals surface area contributed by atoms with E-state index in [9.17, 15) is 0 Å². The fourth-order valence-electron chi connectivity index (χ4n) is 2.76. The number of nitrogens with one attached hydrogen (secondary N) is 1. The number of benzene rings is 2. The summed E-state index contributed by atoms with van der Waals surface area (Å²) in [6.07, 6.45) is 1.37. The van der Waals surface area contributed by atoms with Gasteiger partial charge in [0.05, 0.1) is 7.11 Å². The molecule has 2 atom stereocenters. The molecule has 0 aromatic heterocycles. The molecule has 0 aliphatic heterocycles. The smallest absolute Gasteiger partial charge is 0.123 e. The zero-order chi connectivity index (χ0) is 13.2. The molecule has 2 aromatic carbocycles. The lowest BCUT2D eigenvalue weighted by Gasteiger charge is -2.13. The number of rotatable bonds is 5. The molecule has 0 heterocycles. The van der Waals surface area contributed by atoms with E-state index in [-0.39, 0.29) is 0 Å². The molecular formula is C17H21NO. The fourth-order valence-corrected chi connectivity index (χ4v) is 2.76. The number of hydrogen-bond acceptors (Lipinski definition) is 2. The average Bonchev–Trinajstić information content (AvgIpc) is 3.14. The summed E-state index contributed by atoms with van der Waals surface area (Å²) in [6.45, 7) is 4.33. The maximum atomic E-state index is 5.51. The van der Waals surface area contributed by atoms with E-state index in [0.29, 0.717) is 0 Å². The van der Waals surface area contributed by atoms with Crippen LogP contribution in [0.1, 0.15) is 18.9 Å². The molecule has 0 amide bonds. The molecule has 2 nitrogen and oxygen atoms in total. The SMILES string of the molecule is COc1ccc2ccccc2c1CNCC1CC1C. The highest BCUT2D eigenvalue weighted by Crippen LogP contribution is 2.37. The largest absolute Gasteiger partial charge is 0.496 e. The van der Waals surface area contributed by atoms with Crippen LogP contribution in [0.3, 0.4) is 0 Å². The van der Waals surface area contributed by atoms with Crippen LogP contribution in [0.4, 0.5) is 0 Å². The fraction of sp³-hybridized carbons (Fsp3) is 0.412. The summed E-state index contributed by atoms with van der Waals surface area (Å²) in [5.41, 5.74) is 1.27. The van der Waals surface area contributed by atoms with Crippen LogP contribution in [-0.2, 0) is 6.54 Å². The maximum absolute atomic E-state index is 5.51. The first-order chi connectivity index (χ1) is 9.29. The van der Waals surface area contributed by atoms with Gasteiger partial charge in [0.15, 0.2) is 0 Å². The van der Waals surface area contributed by atoms with Crippen LogP contribution < -0.4 is 10.1 Å². The highest BCUT2D eigenvalue weighted by atomic mass is 16.5. The van der Waals surface area contributed by atoms with E-state index in [4.69, 9.17) is 4.74 Å². The molecule has 1 fully saturated rings. The maximum Gasteiger partial charge on any atom is 0.123 e. The van der Waals surface area contributed by atoms with Gasteiger partial charge in [-0.3, -0.25) is 0 Å². The lowest BCUT2D eigenvalue weighted by Crippen LogP contribution is -2.17. The number of hydrogen-bond donors (Lipinski definition) is 1. The van der Waals surface area contributed by atoms with Crippen molar-refractivity contribution in [1.29, 1.82) is 0 Å². The van der Waals surface area contributed by atoms with Gasteiger partial charge in [-0.2, -0.15) is 0 Å². The monoisotopic (exact) mass is 255 g/mol. The van der Waals surface area contributed by atoms with Gasteiger partial charge in [-0.1, -0.05) is 37.3 Å². The molecule has 1 saturated carbocycles. The van der Waals surface area contributed by atoms with Crippen molar-refractivity contribution >= 4 is 10.8 Å². The third kappa shape index (κ3) is 2.59. The standard InChI is InChI=1S/C17H21NO/c1-12-9-14(12)10-18-11-16-15-6-4-3-5-13(15)7-8-17(16)19-2/h3-8,12,14,18H,9-11H2,1-2H3. The van der Waals surface area contributed by atoms with Crippen molar-refractivity contribution in [3.63, 3.8) is 0 Å². The van der Waals surface area contributed by atoms with Gasteiger partial charge in [-0.15, -0.1) is 0 Å². The Balaban J connectivity index is 1.82. The molecule has 1 aliphatic rings. The molecule has 3 rings (SSSR count). The Kier molecular flexibility index (Phi) is 3.43. The molecule has 2 aromatic rings. The minimum Gasteiger partial charge on any atom is -0.496 e. The van der Waals surface area contributed by atoms with Gasteiger partial charge >= 0.3 is 0 Å². The predicted molar refractivity (Wildman–Crippen MR) is 79.5 cm³/mol. The van der Waals surface area contributed by atoms with E-state index in [2.05, 4.69) is 48.6 Å². The normalized spacial score (nSPS) is 21.6. The Hall–Kier alpha value is -1.54. The molecule has 2 heteroatoms. The number of ether oxygens (including phenoxy) is 1. The van der Waals surface area contributed by atoms with Crippen LogP contribution in [0.5, 0.6) is 5.75 Å². The van der Waals surface area contributed by atoms with Gasteiger partial charge in [0.2, 0.25) is 0 Å². The van der Waals surface area contributed by atoms with E-state index < -0.39 is 0 Å². The molecule has 19 heavy (non-hydrogen) atoms. The molecule has 1 N–H and O–H groups in total. The second-order valence-electron chi connectivity index (χ2n) is 5.57. The van der Waals surface area contributed by atoms with Crippen molar-refractivity contribution in [3.8, 4) is 5.75 Å². The third-order valence-electron chi connectivity index (χ3n) is 4.20. The van der Waals surface area contributed by atoms with Crippen LogP contribution in [0.15, 0.2) is 36.4 Å². The zero-order valence-electron chi connectivity index (χ0n) is 11.6. The second kappa shape index (κ2) is 5.22. The van der Waals surface area contributed by atoms with Crippen molar-refractivity contribution in [3.05, 3.63) is 42.0 Å². The van der Waals surface area contributed by atoms with Crippen molar-refractivity contribution in [2.24, 2.45) is 11.8 Å². The zero-order valence-corrected chi connectivity index (χ0v) is 11.6. The van der Waals surface area contributed by atoms with Crippen LogP contribution in [-0.4, -0.2) is 13.7 Å². The molecule has 0 radical (unpaired) electrons. The van der Waals surface area contributed by atoms with Gasteiger partial charge < -0.3 is 10.1 Å². The highest BCUT2D eigenvalue weighted by Gasteiger charge is 2.31.